The number of aromatic nitrogens is 8. The number of imidazole rings is 2. The fourth-order valence-corrected chi connectivity index (χ4v) is 9.13. The quantitative estimate of drug-likeness (QED) is 0.122. The van der Waals surface area contributed by atoms with E-state index < -0.39 is 80.7 Å². The maximum atomic E-state index is 12.4. The predicted octanol–water partition coefficient (Wildman–Crippen LogP) is -1.20. The Balaban J connectivity index is 1.22. The Labute approximate surface area is 268 Å². The van der Waals surface area contributed by atoms with Crippen molar-refractivity contribution in [2.24, 2.45) is 11.8 Å². The third kappa shape index (κ3) is 5.66. The maximum Gasteiger partial charge on any atom is 0.324 e. The largest absolute Gasteiger partial charge is 0.396 e. The Hall–Kier alpha value is -2.56. The molecule has 24 heteroatoms. The van der Waals surface area contributed by atoms with Crippen molar-refractivity contribution in [1.29, 1.82) is 0 Å². The molecule has 3 aliphatic rings. The minimum Gasteiger partial charge on any atom is -0.396 e. The van der Waals surface area contributed by atoms with Gasteiger partial charge in [0.25, 0.3) is 5.56 Å². The minimum atomic E-state index is -4.11. The molecule has 0 radical (unpaired) electrons. The summed E-state index contributed by atoms with van der Waals surface area (Å²) < 4.78 is 32.4. The van der Waals surface area contributed by atoms with Gasteiger partial charge < -0.3 is 58.9 Å². The molecular formula is C22H28N10O10P2S2. The Morgan fingerprint density at radius 2 is 1.67 bits per heavy atom. The molecule has 20 nitrogen and oxygen atoms in total. The zero-order valence-corrected chi connectivity index (χ0v) is 26.8. The molecule has 2 aliphatic heterocycles. The molecular weight excluding hydrogens is 690 g/mol. The van der Waals surface area contributed by atoms with Gasteiger partial charge in [0.15, 0.2) is 28.9 Å². The van der Waals surface area contributed by atoms with Crippen molar-refractivity contribution in [1.82, 2.24) is 39.0 Å². The van der Waals surface area contributed by atoms with E-state index in [1.54, 1.807) is 4.57 Å². The highest BCUT2D eigenvalue weighted by molar-refractivity contribution is 8.07. The van der Waals surface area contributed by atoms with Crippen LogP contribution in [0.3, 0.4) is 0 Å². The second-order valence-electron chi connectivity index (χ2n) is 11.0. The fourth-order valence-electron chi connectivity index (χ4n) is 6.16. The van der Waals surface area contributed by atoms with E-state index in [0.717, 1.165) is 0 Å². The number of nitrogen functional groups attached to an aromatic ring is 2. The number of aliphatic hydroxyl groups is 2. The van der Waals surface area contributed by atoms with E-state index >= 15 is 0 Å². The summed E-state index contributed by atoms with van der Waals surface area (Å²) in [6.07, 6.45) is -1.61. The van der Waals surface area contributed by atoms with Crippen LogP contribution in [-0.4, -0.2) is 103 Å². The van der Waals surface area contributed by atoms with Crippen LogP contribution in [0.4, 0.5) is 11.8 Å². The molecule has 1 aliphatic carbocycles. The minimum absolute atomic E-state index is 0.0369. The van der Waals surface area contributed by atoms with E-state index in [2.05, 4.69) is 29.9 Å². The van der Waals surface area contributed by atoms with E-state index in [1.165, 1.54) is 23.5 Å². The number of fused-ring (bicyclic) bond motifs is 5. The molecule has 2 unspecified atom stereocenters. The number of anilines is 2. The van der Waals surface area contributed by atoms with Gasteiger partial charge in [0.2, 0.25) is 5.95 Å². The summed E-state index contributed by atoms with van der Waals surface area (Å²) in [6, 6.07) is -0.696. The molecule has 0 spiro atoms. The van der Waals surface area contributed by atoms with E-state index in [4.69, 9.17) is 57.9 Å². The van der Waals surface area contributed by atoms with Crippen LogP contribution in [0.1, 0.15) is 18.7 Å². The molecule has 10 atom stereocenters. The van der Waals surface area contributed by atoms with E-state index in [0.29, 0.717) is 11.2 Å². The number of nitrogens with one attached hydrogen (secondary N) is 1. The van der Waals surface area contributed by atoms with Crippen LogP contribution >= 0.6 is 13.4 Å². The number of H-pyrrole nitrogens is 1. The smallest absolute Gasteiger partial charge is 0.324 e. The van der Waals surface area contributed by atoms with Gasteiger partial charge in [-0.2, -0.15) is 4.98 Å². The van der Waals surface area contributed by atoms with Crippen molar-refractivity contribution in [2.75, 3.05) is 31.3 Å². The van der Waals surface area contributed by atoms with Crippen molar-refractivity contribution in [3.63, 3.8) is 0 Å². The van der Waals surface area contributed by atoms with Crippen LogP contribution in [0.25, 0.3) is 22.3 Å². The molecule has 4 aromatic heterocycles. The van der Waals surface area contributed by atoms with Gasteiger partial charge in [0.1, 0.15) is 30.2 Å². The van der Waals surface area contributed by atoms with Crippen LogP contribution in [-0.2, 0) is 46.4 Å². The number of aromatic amines is 1. The molecule has 6 heterocycles. The molecule has 7 rings (SSSR count). The number of ether oxygens (including phenoxy) is 1. The molecule has 2 saturated heterocycles. The Kier molecular flexibility index (Phi) is 8.24. The molecule has 0 aromatic carbocycles. The summed E-state index contributed by atoms with van der Waals surface area (Å²) in [5, 5.41) is 21.8. The first-order valence-corrected chi connectivity index (χ1v) is 18.9. The monoisotopic (exact) mass is 718 g/mol. The van der Waals surface area contributed by atoms with Gasteiger partial charge in [-0.3, -0.25) is 14.3 Å². The van der Waals surface area contributed by atoms with Crippen molar-refractivity contribution in [3.8, 4) is 0 Å². The zero-order valence-electron chi connectivity index (χ0n) is 23.4. The summed E-state index contributed by atoms with van der Waals surface area (Å²) in [5.41, 5.74) is 11.8. The van der Waals surface area contributed by atoms with Crippen LogP contribution in [0.15, 0.2) is 23.8 Å². The summed E-state index contributed by atoms with van der Waals surface area (Å²) in [4.78, 5) is 57.9. The van der Waals surface area contributed by atoms with Crippen LogP contribution in [0.2, 0.25) is 0 Å². The lowest BCUT2D eigenvalue weighted by Gasteiger charge is -2.29. The van der Waals surface area contributed by atoms with Crippen molar-refractivity contribution in [2.45, 2.75) is 43.1 Å². The first kappa shape index (κ1) is 32.0. The zero-order chi connectivity index (χ0) is 32.5. The lowest BCUT2D eigenvalue weighted by atomic mass is 9.99. The standard InChI is InChI=1S/C22H28N10O10P2S2/c23-17-12-18(26-5-25-17)31(6-27-12)10-1-8-3-38-43(36,45)42-16-9(2-33)11(4-39-44(37,46)41-15(8)14(10)34)40-21(16)32-7-28-13-19(32)29-22(24)30-20(13)35/h5-11,14-16,21,33-34H,1-4H2,(H,36,45)(H,37,46)(H2,23,25,26)(H3,24,29,30,35)/t8-,9-,10-,11-,14+,15-,16-,21-,43?,44?/m1/s1. The number of rotatable bonds is 3. The number of hydrogen-bond acceptors (Lipinski definition) is 17. The van der Waals surface area contributed by atoms with Crippen LogP contribution in [0, 0.1) is 11.8 Å². The highest BCUT2D eigenvalue weighted by Crippen LogP contribution is 2.56. The van der Waals surface area contributed by atoms with Crippen LogP contribution < -0.4 is 17.0 Å². The lowest BCUT2D eigenvalue weighted by Crippen LogP contribution is -2.33. The van der Waals surface area contributed by atoms with Gasteiger partial charge in [-0.15, -0.1) is 0 Å². The van der Waals surface area contributed by atoms with Gasteiger partial charge in [0, 0.05) is 11.8 Å². The highest BCUT2D eigenvalue weighted by atomic mass is 32.5. The number of hydrogen-bond donors (Lipinski definition) is 7. The average Bonchev–Trinajstić information content (AvgIpc) is 3.75. The maximum absolute atomic E-state index is 12.4. The highest BCUT2D eigenvalue weighted by Gasteiger charge is 2.52. The molecule has 1 saturated carbocycles. The van der Waals surface area contributed by atoms with E-state index in [1.807, 2.05) is 0 Å². The number of aliphatic hydroxyl groups excluding tert-OH is 2. The Morgan fingerprint density at radius 1 is 0.978 bits per heavy atom. The molecule has 4 aromatic rings. The Morgan fingerprint density at radius 3 is 2.43 bits per heavy atom. The lowest BCUT2D eigenvalue weighted by molar-refractivity contribution is -0.0534. The third-order valence-corrected chi connectivity index (χ3v) is 11.4. The molecule has 3 fully saturated rings. The van der Waals surface area contributed by atoms with Gasteiger partial charge in [-0.25, -0.2) is 19.9 Å². The second-order valence-corrected chi connectivity index (χ2v) is 16.6. The predicted molar refractivity (Wildman–Crippen MR) is 165 cm³/mol. The van der Waals surface area contributed by atoms with Gasteiger partial charge >= 0.3 is 13.4 Å². The van der Waals surface area contributed by atoms with E-state index in [-0.39, 0.29) is 36.0 Å². The molecule has 2 bridgehead atoms. The van der Waals surface area contributed by atoms with Gasteiger partial charge in [-0.05, 0) is 30.0 Å². The molecule has 0 amide bonds. The van der Waals surface area contributed by atoms with Gasteiger partial charge in [-0.1, -0.05) is 0 Å². The molecule has 9 N–H and O–H groups in total. The van der Waals surface area contributed by atoms with E-state index in [9.17, 15) is 24.8 Å². The van der Waals surface area contributed by atoms with Crippen molar-refractivity contribution < 1.29 is 42.8 Å². The first-order valence-electron chi connectivity index (χ1n) is 13.8. The fraction of sp³-hybridized carbons (Fsp3) is 0.545. The Bertz CT molecular complexity index is 1960. The number of nitrogens with two attached hydrogens (primary N) is 2. The molecule has 248 valence electrons. The third-order valence-electron chi connectivity index (χ3n) is 8.28. The molecule has 46 heavy (non-hydrogen) atoms. The SMILES string of the molecule is Nc1nc2c(ncn2[C@@H]2O[C@@H]3COP(O)(=S)O[C@@H]4[C@@H](COP(O)(=S)O[C@@H]2[C@@H]3CO)C[C@@H](n2cnc3c(N)ncnc32)[C@@H]4O)c(=O)[nH]1. The summed E-state index contributed by atoms with van der Waals surface area (Å²) in [6.45, 7) is -9.42. The summed E-state index contributed by atoms with van der Waals surface area (Å²) >= 11 is 10.7. The average molecular weight is 719 g/mol. The second kappa shape index (κ2) is 11.8. The topological polar surface area (TPSA) is 286 Å². The summed E-state index contributed by atoms with van der Waals surface area (Å²) in [7, 11) is 0. The summed E-state index contributed by atoms with van der Waals surface area (Å²) in [5.74, 6) is -1.63. The first-order chi connectivity index (χ1) is 21.9. The van der Waals surface area contributed by atoms with Crippen molar-refractivity contribution in [3.05, 3.63) is 29.3 Å². The van der Waals surface area contributed by atoms with Gasteiger partial charge in [0.05, 0.1) is 44.6 Å². The van der Waals surface area contributed by atoms with Crippen molar-refractivity contribution >= 4 is 71.1 Å². The van der Waals surface area contributed by atoms with Crippen LogP contribution in [0.5, 0.6) is 0 Å². The number of nitrogens with zero attached hydrogens (tertiary/aromatic N) is 7. The normalized spacial score (nSPS) is 37.1.